The van der Waals surface area contributed by atoms with Crippen molar-refractivity contribution in [2.75, 3.05) is 26.2 Å². The van der Waals surface area contributed by atoms with E-state index >= 15 is 0 Å². The van der Waals surface area contributed by atoms with Crippen molar-refractivity contribution in [2.24, 2.45) is 0 Å². The van der Waals surface area contributed by atoms with Gasteiger partial charge in [-0.15, -0.1) is 0 Å². The molecule has 1 aliphatic carbocycles. The van der Waals surface area contributed by atoms with Gasteiger partial charge >= 0.3 is 5.97 Å². The number of aliphatic carboxylic acids is 1. The van der Waals surface area contributed by atoms with Crippen LogP contribution >= 0.6 is 0 Å². The van der Waals surface area contributed by atoms with Gasteiger partial charge in [-0.3, -0.25) is 9.69 Å². The van der Waals surface area contributed by atoms with Gasteiger partial charge in [-0.2, -0.15) is 0 Å². The number of carbonyl (C=O) groups is 1. The van der Waals surface area contributed by atoms with E-state index in [1.165, 1.54) is 19.3 Å². The number of piperazine rings is 1. The zero-order valence-electron chi connectivity index (χ0n) is 12.1. The molecule has 3 rings (SSSR count). The number of hydrogen-bond donors (Lipinski definition) is 2. The van der Waals surface area contributed by atoms with Crippen LogP contribution in [0, 0.1) is 0 Å². The summed E-state index contributed by atoms with van der Waals surface area (Å²) in [6.07, 6.45) is 8.16. The Morgan fingerprint density at radius 1 is 1.30 bits per heavy atom. The van der Waals surface area contributed by atoms with E-state index in [0.717, 1.165) is 45.4 Å². The van der Waals surface area contributed by atoms with Crippen LogP contribution in [-0.4, -0.2) is 59.9 Å². The van der Waals surface area contributed by atoms with Crippen molar-refractivity contribution in [3.05, 3.63) is 0 Å². The van der Waals surface area contributed by atoms with Gasteiger partial charge in [-0.1, -0.05) is 19.3 Å². The Labute approximate surface area is 120 Å². The number of ether oxygens (including phenoxy) is 1. The van der Waals surface area contributed by atoms with Gasteiger partial charge in [0, 0.05) is 32.3 Å². The van der Waals surface area contributed by atoms with Gasteiger partial charge in [0.25, 0.3) is 0 Å². The van der Waals surface area contributed by atoms with E-state index in [0.29, 0.717) is 12.6 Å². The van der Waals surface area contributed by atoms with Gasteiger partial charge in [-0.25, -0.2) is 0 Å². The van der Waals surface area contributed by atoms with Crippen molar-refractivity contribution >= 4 is 5.97 Å². The fraction of sp³-hybridized carbons (Fsp3) is 0.933. The van der Waals surface area contributed by atoms with Gasteiger partial charge in [0.2, 0.25) is 0 Å². The maximum atomic E-state index is 11.5. The van der Waals surface area contributed by atoms with Crippen LogP contribution in [0.5, 0.6) is 0 Å². The molecule has 2 unspecified atom stereocenters. The molecular formula is C15H26N2O3. The molecule has 0 bridgehead atoms. The van der Waals surface area contributed by atoms with Crippen LogP contribution in [0.15, 0.2) is 0 Å². The summed E-state index contributed by atoms with van der Waals surface area (Å²) in [6.45, 7) is 3.10. The topological polar surface area (TPSA) is 61.8 Å². The average Bonchev–Trinajstić information content (AvgIpc) is 2.48. The highest BCUT2D eigenvalue weighted by molar-refractivity contribution is 5.74. The summed E-state index contributed by atoms with van der Waals surface area (Å²) in [5.41, 5.74) is 0.0507. The molecule has 1 spiro atoms. The van der Waals surface area contributed by atoms with Crippen LogP contribution in [0.3, 0.4) is 0 Å². The molecule has 3 aliphatic rings. The number of carboxylic acid groups (broad SMARTS) is 1. The third-order valence-electron chi connectivity index (χ3n) is 5.27. The third-order valence-corrected chi connectivity index (χ3v) is 5.27. The van der Waals surface area contributed by atoms with E-state index in [9.17, 15) is 9.90 Å². The molecule has 0 amide bonds. The second-order valence-electron chi connectivity index (χ2n) is 6.53. The third kappa shape index (κ3) is 2.85. The molecule has 2 heterocycles. The van der Waals surface area contributed by atoms with Crippen molar-refractivity contribution in [2.45, 2.75) is 62.6 Å². The number of rotatable bonds is 2. The summed E-state index contributed by atoms with van der Waals surface area (Å²) >= 11 is 0. The quantitative estimate of drug-likeness (QED) is 0.797. The molecule has 5 heteroatoms. The van der Waals surface area contributed by atoms with Crippen LogP contribution in [0.25, 0.3) is 0 Å². The van der Waals surface area contributed by atoms with Crippen molar-refractivity contribution < 1.29 is 14.6 Å². The molecule has 2 aliphatic heterocycles. The molecular weight excluding hydrogens is 256 g/mol. The maximum absolute atomic E-state index is 11.5. The SMILES string of the molecule is O=C(O)C1CNCCN1C1CCOC2(CCCCC2)C1. The Bertz CT molecular complexity index is 350. The van der Waals surface area contributed by atoms with Crippen LogP contribution in [-0.2, 0) is 9.53 Å². The Morgan fingerprint density at radius 2 is 2.10 bits per heavy atom. The lowest BCUT2D eigenvalue weighted by Crippen LogP contribution is -2.61. The number of hydrogen-bond acceptors (Lipinski definition) is 4. The number of nitrogens with one attached hydrogen (secondary N) is 1. The lowest BCUT2D eigenvalue weighted by atomic mass is 9.77. The van der Waals surface area contributed by atoms with E-state index < -0.39 is 5.97 Å². The molecule has 5 nitrogen and oxygen atoms in total. The molecule has 2 N–H and O–H groups in total. The standard InChI is InChI=1S/C15H26N2O3/c18-14(19)13-11-16-7-8-17(13)12-4-9-20-15(10-12)5-2-1-3-6-15/h12-13,16H,1-11H2,(H,18,19). The van der Waals surface area contributed by atoms with Crippen LogP contribution < -0.4 is 5.32 Å². The molecule has 0 radical (unpaired) electrons. The average molecular weight is 282 g/mol. The molecule has 1 saturated carbocycles. The van der Waals surface area contributed by atoms with Crippen molar-refractivity contribution in [1.82, 2.24) is 10.2 Å². The van der Waals surface area contributed by atoms with Crippen LogP contribution in [0.2, 0.25) is 0 Å². The van der Waals surface area contributed by atoms with Gasteiger partial charge in [0.05, 0.1) is 5.60 Å². The van der Waals surface area contributed by atoms with E-state index in [2.05, 4.69) is 10.2 Å². The van der Waals surface area contributed by atoms with Gasteiger partial charge in [-0.05, 0) is 25.7 Å². The predicted octanol–water partition coefficient (Wildman–Crippen LogP) is 1.23. The first-order valence-electron chi connectivity index (χ1n) is 8.03. The first-order chi connectivity index (χ1) is 9.70. The molecule has 0 aromatic heterocycles. The highest BCUT2D eigenvalue weighted by atomic mass is 16.5. The van der Waals surface area contributed by atoms with Gasteiger partial charge in [0.1, 0.15) is 6.04 Å². The smallest absolute Gasteiger partial charge is 0.322 e. The van der Waals surface area contributed by atoms with Crippen molar-refractivity contribution in [3.63, 3.8) is 0 Å². The Morgan fingerprint density at radius 3 is 2.85 bits per heavy atom. The second kappa shape index (κ2) is 6.00. The zero-order chi connectivity index (χ0) is 14.0. The molecule has 3 fully saturated rings. The lowest BCUT2D eigenvalue weighted by molar-refractivity contribution is -0.153. The van der Waals surface area contributed by atoms with E-state index in [4.69, 9.17) is 4.74 Å². The maximum Gasteiger partial charge on any atom is 0.322 e. The molecule has 114 valence electrons. The van der Waals surface area contributed by atoms with Crippen LogP contribution in [0.1, 0.15) is 44.9 Å². The fourth-order valence-corrected chi connectivity index (χ4v) is 4.22. The van der Waals surface area contributed by atoms with E-state index in [1.54, 1.807) is 0 Å². The van der Waals surface area contributed by atoms with Crippen molar-refractivity contribution in [3.8, 4) is 0 Å². The van der Waals surface area contributed by atoms with Gasteiger partial charge in [0.15, 0.2) is 0 Å². The minimum Gasteiger partial charge on any atom is -0.480 e. The minimum atomic E-state index is -0.693. The normalized spacial score (nSPS) is 35.0. The van der Waals surface area contributed by atoms with Crippen LogP contribution in [0.4, 0.5) is 0 Å². The molecule has 2 atom stereocenters. The Balaban J connectivity index is 1.70. The predicted molar refractivity (Wildman–Crippen MR) is 75.8 cm³/mol. The zero-order valence-corrected chi connectivity index (χ0v) is 12.1. The summed E-state index contributed by atoms with van der Waals surface area (Å²) < 4.78 is 6.13. The summed E-state index contributed by atoms with van der Waals surface area (Å²) in [6, 6.07) is 0.0116. The van der Waals surface area contributed by atoms with Crippen molar-refractivity contribution in [1.29, 1.82) is 0 Å². The first-order valence-corrected chi connectivity index (χ1v) is 8.03. The summed E-state index contributed by atoms with van der Waals surface area (Å²) in [5.74, 6) is -0.693. The summed E-state index contributed by atoms with van der Waals surface area (Å²) in [5, 5.41) is 12.6. The molecule has 0 aromatic carbocycles. The summed E-state index contributed by atoms with van der Waals surface area (Å²) in [7, 11) is 0. The van der Waals surface area contributed by atoms with E-state index in [-0.39, 0.29) is 11.6 Å². The monoisotopic (exact) mass is 282 g/mol. The molecule has 0 aromatic rings. The highest BCUT2D eigenvalue weighted by Gasteiger charge is 2.43. The lowest BCUT2D eigenvalue weighted by Gasteiger charge is -2.48. The fourth-order valence-electron chi connectivity index (χ4n) is 4.22. The summed E-state index contributed by atoms with van der Waals surface area (Å²) in [4.78, 5) is 13.7. The highest BCUT2D eigenvalue weighted by Crippen LogP contribution is 2.40. The van der Waals surface area contributed by atoms with E-state index in [1.807, 2.05) is 0 Å². The minimum absolute atomic E-state index is 0.0507. The Kier molecular flexibility index (Phi) is 4.29. The van der Waals surface area contributed by atoms with Gasteiger partial charge < -0.3 is 15.2 Å². The molecule has 20 heavy (non-hydrogen) atoms. The largest absolute Gasteiger partial charge is 0.480 e. The number of carboxylic acids is 1. The first kappa shape index (κ1) is 14.3. The second-order valence-corrected chi connectivity index (χ2v) is 6.53. The molecule has 2 saturated heterocycles. The Hall–Kier alpha value is -0.650. The number of nitrogens with zero attached hydrogens (tertiary/aromatic N) is 1.